The van der Waals surface area contributed by atoms with Gasteiger partial charge in [0.05, 0.1) is 28.5 Å². The summed E-state index contributed by atoms with van der Waals surface area (Å²) in [6, 6.07) is 10.2. The highest BCUT2D eigenvalue weighted by molar-refractivity contribution is 8.77. The number of likely N-dealkylation sites (N-methyl/N-ethyl adjacent to an activating group) is 2. The number of rotatable bonds is 12. The zero-order valence-corrected chi connectivity index (χ0v) is 30.5. The number of Topliss-reactive ketones (excluding diaryl/α,β-unsaturated/α-hetero) is 1. The van der Waals surface area contributed by atoms with E-state index in [4.69, 9.17) is 14.2 Å². The molecule has 2 N–H and O–H groups in total. The number of ether oxygens (including phenoxy) is 3. The molecule has 0 radical (unpaired) electrons. The number of nitrogens with zero attached hydrogens (tertiary/aromatic N) is 3. The van der Waals surface area contributed by atoms with Crippen LogP contribution in [0.5, 0.6) is 17.2 Å². The van der Waals surface area contributed by atoms with E-state index in [0.29, 0.717) is 5.56 Å². The van der Waals surface area contributed by atoms with Crippen LogP contribution in [0.15, 0.2) is 47.6 Å². The number of fused-ring (bicyclic) bond motifs is 3. The number of carbonyl (C=O) groups is 5. The Labute approximate surface area is 303 Å². The number of benzene rings is 2. The van der Waals surface area contributed by atoms with Gasteiger partial charge in [-0.05, 0) is 62.1 Å². The van der Waals surface area contributed by atoms with Crippen molar-refractivity contribution in [2.75, 3.05) is 47.5 Å². The largest absolute Gasteiger partial charge is 0.507 e. The molecule has 0 saturated heterocycles. The van der Waals surface area contributed by atoms with E-state index in [1.165, 1.54) is 57.7 Å². The molecule has 1 aromatic heterocycles. The Kier molecular flexibility index (Phi) is 11.5. The number of hydrogen-bond acceptors (Lipinski definition) is 13. The molecule has 5 rings (SSSR count). The third-order valence-corrected chi connectivity index (χ3v) is 11.9. The molecule has 0 unspecified atom stereocenters. The SMILES string of the molecule is COc1cccc2c1C(=O)c1c(O)c3c(c(O)c1C2=O)C[C@@H](C(=O)COC(=O)N(C)CCN(C)C(=O)OCC(C)(C)SSc1ccccn1)CC3. The Morgan fingerprint density at radius 3 is 2.24 bits per heavy atom. The van der Waals surface area contributed by atoms with Crippen LogP contribution >= 0.6 is 21.6 Å². The number of pyridine rings is 1. The number of phenols is 2. The monoisotopic (exact) mass is 737 g/mol. The van der Waals surface area contributed by atoms with Gasteiger partial charge in [0.25, 0.3) is 0 Å². The minimum absolute atomic E-state index is 0.0140. The van der Waals surface area contributed by atoms with Gasteiger partial charge in [-0.3, -0.25) is 14.4 Å². The standard InChI is InChI=1S/C36H39N3O10S2/c1-36(2,51-50-26-11-6-7-14-37-26)19-49-35(46)39(4)16-15-38(3)34(45)48-18-24(40)20-12-13-21-23(17-20)32(43)28-29(30(21)41)33(44)27-22(31(28)42)9-8-10-25(27)47-5/h6-11,14,20,41,43H,12-13,15-19H2,1-5H3/t20-/m0/s1. The first-order valence-corrected chi connectivity index (χ1v) is 18.3. The molecule has 1 heterocycles. The molecule has 3 aromatic rings. The van der Waals surface area contributed by atoms with Crippen LogP contribution in [0.25, 0.3) is 0 Å². The molecule has 2 aliphatic carbocycles. The number of carbonyl (C=O) groups excluding carboxylic acids is 5. The predicted molar refractivity (Wildman–Crippen MR) is 190 cm³/mol. The molecule has 0 aliphatic heterocycles. The van der Waals surface area contributed by atoms with Crippen molar-refractivity contribution in [2.45, 2.75) is 42.9 Å². The van der Waals surface area contributed by atoms with Crippen LogP contribution in [-0.2, 0) is 27.1 Å². The minimum Gasteiger partial charge on any atom is -0.507 e. The number of hydrogen-bond donors (Lipinski definition) is 2. The summed E-state index contributed by atoms with van der Waals surface area (Å²) in [6.07, 6.45) is 0.782. The first-order chi connectivity index (χ1) is 24.2. The minimum atomic E-state index is -0.766. The van der Waals surface area contributed by atoms with Crippen molar-refractivity contribution in [3.05, 3.63) is 76.0 Å². The van der Waals surface area contributed by atoms with Crippen molar-refractivity contribution >= 4 is 51.1 Å². The second kappa shape index (κ2) is 15.6. The smallest absolute Gasteiger partial charge is 0.409 e. The van der Waals surface area contributed by atoms with Crippen LogP contribution < -0.4 is 4.74 Å². The van der Waals surface area contributed by atoms with Gasteiger partial charge in [0, 0.05) is 56.0 Å². The van der Waals surface area contributed by atoms with Crippen LogP contribution in [-0.4, -0.2) is 107 Å². The van der Waals surface area contributed by atoms with Crippen molar-refractivity contribution in [1.82, 2.24) is 14.8 Å². The quantitative estimate of drug-likeness (QED) is 0.142. The van der Waals surface area contributed by atoms with Gasteiger partial charge in [-0.2, -0.15) is 0 Å². The molecular formula is C36H39N3O10S2. The number of aromatic nitrogens is 1. The molecule has 0 bridgehead atoms. The van der Waals surface area contributed by atoms with E-state index in [0.717, 1.165) is 5.03 Å². The summed E-state index contributed by atoms with van der Waals surface area (Å²) in [6.45, 7) is 3.80. The lowest BCUT2D eigenvalue weighted by molar-refractivity contribution is -0.126. The zero-order valence-electron chi connectivity index (χ0n) is 28.9. The molecule has 13 nitrogen and oxygen atoms in total. The molecule has 0 saturated carbocycles. The number of aromatic hydroxyl groups is 2. The normalized spacial score (nSPS) is 14.9. The molecule has 2 aromatic carbocycles. The zero-order chi connectivity index (χ0) is 37.0. The Morgan fingerprint density at radius 2 is 1.57 bits per heavy atom. The van der Waals surface area contributed by atoms with Gasteiger partial charge in [0.1, 0.15) is 28.9 Å². The van der Waals surface area contributed by atoms with E-state index in [2.05, 4.69) is 4.98 Å². The molecule has 270 valence electrons. The summed E-state index contributed by atoms with van der Waals surface area (Å²) in [5.41, 5.74) is -0.0453. The number of ketones is 3. The third kappa shape index (κ3) is 8.09. The lowest BCUT2D eigenvalue weighted by atomic mass is 9.75. The lowest BCUT2D eigenvalue weighted by Gasteiger charge is -2.29. The van der Waals surface area contributed by atoms with E-state index >= 15 is 0 Å². The summed E-state index contributed by atoms with van der Waals surface area (Å²) in [5, 5.41) is 23.3. The summed E-state index contributed by atoms with van der Waals surface area (Å²) in [4.78, 5) is 72.2. The summed E-state index contributed by atoms with van der Waals surface area (Å²) >= 11 is 0. The van der Waals surface area contributed by atoms with Gasteiger partial charge < -0.3 is 34.2 Å². The topological polar surface area (TPSA) is 173 Å². The average molecular weight is 738 g/mol. The number of phenolic OH excluding ortho intramolecular Hbond substituents is 2. The maximum atomic E-state index is 13.5. The Bertz CT molecular complexity index is 1870. The molecular weight excluding hydrogens is 699 g/mol. The van der Waals surface area contributed by atoms with Gasteiger partial charge in [0.2, 0.25) is 5.78 Å². The molecule has 2 amide bonds. The maximum Gasteiger partial charge on any atom is 0.409 e. The van der Waals surface area contributed by atoms with Crippen LogP contribution in [0.3, 0.4) is 0 Å². The average Bonchev–Trinajstić information content (AvgIpc) is 3.14. The molecule has 0 spiro atoms. The molecule has 51 heavy (non-hydrogen) atoms. The predicted octanol–water partition coefficient (Wildman–Crippen LogP) is 5.31. The number of amides is 2. The van der Waals surface area contributed by atoms with E-state index in [-0.39, 0.29) is 77.3 Å². The fourth-order valence-electron chi connectivity index (χ4n) is 5.85. The Hall–Kier alpha value is -4.76. The molecule has 15 heteroatoms. The highest BCUT2D eigenvalue weighted by Crippen LogP contribution is 2.47. The lowest BCUT2D eigenvalue weighted by Crippen LogP contribution is -2.39. The van der Waals surface area contributed by atoms with Crippen LogP contribution in [0.1, 0.15) is 63.2 Å². The van der Waals surface area contributed by atoms with E-state index in [1.54, 1.807) is 19.3 Å². The van der Waals surface area contributed by atoms with Gasteiger partial charge >= 0.3 is 12.2 Å². The van der Waals surface area contributed by atoms with E-state index in [9.17, 15) is 34.2 Å². The van der Waals surface area contributed by atoms with Crippen LogP contribution in [0, 0.1) is 5.92 Å². The van der Waals surface area contributed by atoms with E-state index < -0.39 is 53.6 Å². The first-order valence-electron chi connectivity index (χ1n) is 16.1. The van der Waals surface area contributed by atoms with Crippen molar-refractivity contribution in [1.29, 1.82) is 0 Å². The van der Waals surface area contributed by atoms with Gasteiger partial charge in [-0.25, -0.2) is 14.6 Å². The second-order valence-corrected chi connectivity index (χ2v) is 15.8. The van der Waals surface area contributed by atoms with Crippen molar-refractivity contribution in [2.24, 2.45) is 5.92 Å². The fraction of sp³-hybridized carbons (Fsp3) is 0.389. The van der Waals surface area contributed by atoms with Crippen molar-refractivity contribution < 1.29 is 48.4 Å². The third-order valence-electron chi connectivity index (χ3n) is 8.75. The van der Waals surface area contributed by atoms with Gasteiger partial charge in [-0.15, -0.1) is 0 Å². The second-order valence-electron chi connectivity index (χ2n) is 12.9. The Morgan fingerprint density at radius 1 is 0.902 bits per heavy atom. The Balaban J connectivity index is 1.12. The highest BCUT2D eigenvalue weighted by atomic mass is 33.1. The molecule has 1 atom stereocenters. The first kappa shape index (κ1) is 37.5. The highest BCUT2D eigenvalue weighted by Gasteiger charge is 2.41. The van der Waals surface area contributed by atoms with E-state index in [1.807, 2.05) is 32.0 Å². The van der Waals surface area contributed by atoms with Crippen molar-refractivity contribution in [3.63, 3.8) is 0 Å². The molecule has 2 aliphatic rings. The fourth-order valence-corrected chi connectivity index (χ4v) is 7.88. The van der Waals surface area contributed by atoms with Crippen LogP contribution in [0.4, 0.5) is 9.59 Å². The van der Waals surface area contributed by atoms with Gasteiger partial charge in [0.15, 0.2) is 18.2 Å². The van der Waals surface area contributed by atoms with Gasteiger partial charge in [-0.1, -0.05) is 29.0 Å². The maximum absolute atomic E-state index is 13.5. The summed E-state index contributed by atoms with van der Waals surface area (Å²) < 4.78 is 15.6. The van der Waals surface area contributed by atoms with Crippen LogP contribution in [0.2, 0.25) is 0 Å². The van der Waals surface area contributed by atoms with Crippen molar-refractivity contribution in [3.8, 4) is 17.2 Å². The summed E-state index contributed by atoms with van der Waals surface area (Å²) in [5.74, 6) is -3.04. The molecule has 0 fully saturated rings. The summed E-state index contributed by atoms with van der Waals surface area (Å²) in [7, 11) is 7.43. The number of methoxy groups -OCH3 is 1.